The Morgan fingerprint density at radius 2 is 1.57 bits per heavy atom. The molecule has 3 rings (SSSR count). The van der Waals surface area contributed by atoms with Crippen LogP contribution in [0.1, 0.15) is 25.0 Å². The first-order valence-electron chi connectivity index (χ1n) is 8.55. The van der Waals surface area contributed by atoms with Gasteiger partial charge in [-0.2, -0.15) is 0 Å². The summed E-state index contributed by atoms with van der Waals surface area (Å²) in [5.74, 6) is -4.42. The van der Waals surface area contributed by atoms with Crippen LogP contribution < -0.4 is 0 Å². The van der Waals surface area contributed by atoms with Crippen molar-refractivity contribution in [1.29, 1.82) is 0 Å². The van der Waals surface area contributed by atoms with Crippen LogP contribution in [0.5, 0.6) is 0 Å². The molecule has 0 aromatic heterocycles. The van der Waals surface area contributed by atoms with Crippen LogP contribution in [0.25, 0.3) is 5.57 Å². The van der Waals surface area contributed by atoms with E-state index < -0.39 is 23.7 Å². The third-order valence-electron chi connectivity index (χ3n) is 4.27. The van der Waals surface area contributed by atoms with Gasteiger partial charge in [0, 0.05) is 18.1 Å². The second kappa shape index (κ2) is 7.52. The standard InChI is InChI=1S/C22H18O6/c1-14(20(24)25)13-18-19(16-9-5-3-6-10-16)21(26)28-22(18,27-15(2)23)17-11-7-4-8-12-17/h3-13H,1-2H3,(H,24,25)/b14-13+. The highest BCUT2D eigenvalue weighted by atomic mass is 16.7. The fraction of sp³-hybridized carbons (Fsp3) is 0.136. The topological polar surface area (TPSA) is 89.9 Å². The van der Waals surface area contributed by atoms with Gasteiger partial charge in [-0.3, -0.25) is 4.79 Å². The molecule has 1 unspecified atom stereocenters. The van der Waals surface area contributed by atoms with Gasteiger partial charge in [-0.05, 0) is 18.6 Å². The van der Waals surface area contributed by atoms with Gasteiger partial charge in [0.2, 0.25) is 0 Å². The molecule has 142 valence electrons. The lowest BCUT2D eigenvalue weighted by molar-refractivity contribution is -0.208. The molecule has 0 fully saturated rings. The fourth-order valence-corrected chi connectivity index (χ4v) is 3.04. The fourth-order valence-electron chi connectivity index (χ4n) is 3.04. The van der Waals surface area contributed by atoms with Crippen molar-refractivity contribution < 1.29 is 29.0 Å². The molecule has 0 amide bonds. The van der Waals surface area contributed by atoms with Crippen LogP contribution in [0.4, 0.5) is 0 Å². The van der Waals surface area contributed by atoms with Gasteiger partial charge in [0.15, 0.2) is 0 Å². The second-order valence-corrected chi connectivity index (χ2v) is 6.25. The van der Waals surface area contributed by atoms with Crippen molar-refractivity contribution in [3.8, 4) is 0 Å². The lowest BCUT2D eigenvalue weighted by Gasteiger charge is -2.29. The molecule has 2 aromatic rings. The number of benzene rings is 2. The molecule has 0 aliphatic carbocycles. The van der Waals surface area contributed by atoms with Crippen molar-refractivity contribution in [2.75, 3.05) is 0 Å². The molecule has 0 spiro atoms. The number of hydrogen-bond donors (Lipinski definition) is 1. The van der Waals surface area contributed by atoms with Gasteiger partial charge < -0.3 is 14.6 Å². The molecule has 1 heterocycles. The van der Waals surface area contributed by atoms with Crippen molar-refractivity contribution in [3.05, 3.63) is 89.0 Å². The summed E-state index contributed by atoms with van der Waals surface area (Å²) < 4.78 is 11.1. The van der Waals surface area contributed by atoms with Crippen molar-refractivity contribution in [1.82, 2.24) is 0 Å². The van der Waals surface area contributed by atoms with Crippen molar-refractivity contribution in [2.24, 2.45) is 0 Å². The van der Waals surface area contributed by atoms with Crippen LogP contribution in [0, 0.1) is 0 Å². The first-order valence-corrected chi connectivity index (χ1v) is 8.55. The molecular weight excluding hydrogens is 360 g/mol. The quantitative estimate of drug-likeness (QED) is 0.633. The van der Waals surface area contributed by atoms with E-state index in [1.165, 1.54) is 19.9 Å². The summed E-state index contributed by atoms with van der Waals surface area (Å²) >= 11 is 0. The minimum absolute atomic E-state index is 0.0332. The van der Waals surface area contributed by atoms with Crippen LogP contribution in [-0.4, -0.2) is 23.0 Å². The number of carbonyl (C=O) groups is 3. The minimum atomic E-state index is -1.87. The third-order valence-corrected chi connectivity index (χ3v) is 4.27. The molecule has 1 aliphatic rings. The van der Waals surface area contributed by atoms with E-state index in [1.54, 1.807) is 60.7 Å². The Hall–Kier alpha value is -3.67. The number of ether oxygens (including phenoxy) is 2. The van der Waals surface area contributed by atoms with Gasteiger partial charge >= 0.3 is 23.7 Å². The maximum Gasteiger partial charge on any atom is 0.343 e. The highest BCUT2D eigenvalue weighted by molar-refractivity contribution is 6.21. The average Bonchev–Trinajstić information content (AvgIpc) is 2.94. The van der Waals surface area contributed by atoms with Crippen LogP contribution in [0.15, 0.2) is 77.9 Å². The third kappa shape index (κ3) is 3.44. The van der Waals surface area contributed by atoms with Gasteiger partial charge in [0.25, 0.3) is 0 Å². The number of carbonyl (C=O) groups excluding carboxylic acids is 2. The molecule has 6 heteroatoms. The highest BCUT2D eigenvalue weighted by Gasteiger charge is 2.52. The summed E-state index contributed by atoms with van der Waals surface area (Å²) in [6.07, 6.45) is 1.31. The van der Waals surface area contributed by atoms with Crippen LogP contribution >= 0.6 is 0 Å². The van der Waals surface area contributed by atoms with E-state index in [9.17, 15) is 19.5 Å². The van der Waals surface area contributed by atoms with Crippen LogP contribution in [0.3, 0.4) is 0 Å². The summed E-state index contributed by atoms with van der Waals surface area (Å²) in [6, 6.07) is 17.2. The Labute approximate surface area is 161 Å². The molecule has 6 nitrogen and oxygen atoms in total. The predicted octanol–water partition coefficient (Wildman–Crippen LogP) is 3.44. The maximum atomic E-state index is 12.9. The van der Waals surface area contributed by atoms with Gasteiger partial charge in [0.05, 0.1) is 11.1 Å². The van der Waals surface area contributed by atoms with E-state index in [0.29, 0.717) is 11.1 Å². The molecule has 0 saturated heterocycles. The van der Waals surface area contributed by atoms with Crippen molar-refractivity contribution in [2.45, 2.75) is 19.6 Å². The van der Waals surface area contributed by atoms with Crippen molar-refractivity contribution in [3.63, 3.8) is 0 Å². The maximum absolute atomic E-state index is 12.9. The van der Waals surface area contributed by atoms with Gasteiger partial charge in [-0.25, -0.2) is 9.59 Å². The lowest BCUT2D eigenvalue weighted by Crippen LogP contribution is -2.34. The summed E-state index contributed by atoms with van der Waals surface area (Å²) in [5.41, 5.74) is 1.20. The van der Waals surface area contributed by atoms with Crippen LogP contribution in [0.2, 0.25) is 0 Å². The zero-order valence-electron chi connectivity index (χ0n) is 15.3. The Morgan fingerprint density at radius 3 is 2.11 bits per heavy atom. The molecule has 0 radical (unpaired) electrons. The number of rotatable bonds is 5. The van der Waals surface area contributed by atoms with E-state index in [4.69, 9.17) is 9.47 Å². The van der Waals surface area contributed by atoms with E-state index >= 15 is 0 Å². The van der Waals surface area contributed by atoms with Crippen LogP contribution in [-0.2, 0) is 29.6 Å². The predicted molar refractivity (Wildman–Crippen MR) is 101 cm³/mol. The largest absolute Gasteiger partial charge is 0.478 e. The molecule has 1 aliphatic heterocycles. The van der Waals surface area contributed by atoms with E-state index in [0.717, 1.165) is 0 Å². The van der Waals surface area contributed by atoms with Gasteiger partial charge in [0.1, 0.15) is 0 Å². The van der Waals surface area contributed by atoms with E-state index in [1.807, 2.05) is 0 Å². The molecular formula is C22H18O6. The van der Waals surface area contributed by atoms with Gasteiger partial charge in [-0.1, -0.05) is 60.7 Å². The molecule has 1 N–H and O–H groups in total. The van der Waals surface area contributed by atoms with Gasteiger partial charge in [-0.15, -0.1) is 0 Å². The Kier molecular flexibility index (Phi) is 5.13. The lowest BCUT2D eigenvalue weighted by atomic mass is 9.90. The summed E-state index contributed by atoms with van der Waals surface area (Å²) in [7, 11) is 0. The number of carboxylic acid groups (broad SMARTS) is 1. The normalized spacial score (nSPS) is 19.4. The Morgan fingerprint density at radius 1 is 1.00 bits per heavy atom. The highest BCUT2D eigenvalue weighted by Crippen LogP contribution is 2.46. The Balaban J connectivity index is 2.36. The summed E-state index contributed by atoms with van der Waals surface area (Å²) in [6.45, 7) is 2.59. The zero-order valence-corrected chi connectivity index (χ0v) is 15.3. The first-order chi connectivity index (χ1) is 13.3. The number of carboxylic acids is 1. The Bertz CT molecular complexity index is 988. The van der Waals surface area contributed by atoms with E-state index in [-0.39, 0.29) is 16.7 Å². The molecule has 0 saturated carbocycles. The first kappa shape index (κ1) is 19.1. The number of aliphatic carboxylic acids is 1. The monoisotopic (exact) mass is 378 g/mol. The minimum Gasteiger partial charge on any atom is -0.478 e. The van der Waals surface area contributed by atoms with Crippen molar-refractivity contribution >= 4 is 23.5 Å². The average molecular weight is 378 g/mol. The number of esters is 2. The molecule has 0 bridgehead atoms. The molecule has 1 atom stereocenters. The summed E-state index contributed by atoms with van der Waals surface area (Å²) in [4.78, 5) is 36.2. The SMILES string of the molecule is CC(=O)OC1(c2ccccc2)OC(=O)C(c2ccccc2)=C1/C=C(\C)C(=O)O. The number of cyclic esters (lactones) is 1. The number of hydrogen-bond acceptors (Lipinski definition) is 5. The second-order valence-electron chi connectivity index (χ2n) is 6.25. The summed E-state index contributed by atoms with van der Waals surface area (Å²) in [5, 5.41) is 9.36. The van der Waals surface area contributed by atoms with E-state index in [2.05, 4.69) is 0 Å². The molecule has 28 heavy (non-hydrogen) atoms. The molecule has 2 aromatic carbocycles. The zero-order chi connectivity index (χ0) is 20.3. The smallest absolute Gasteiger partial charge is 0.343 e.